The van der Waals surface area contributed by atoms with Crippen molar-refractivity contribution in [3.8, 4) is 5.75 Å². The van der Waals surface area contributed by atoms with Crippen molar-refractivity contribution in [3.63, 3.8) is 0 Å². The first kappa shape index (κ1) is 29.8. The number of likely N-dealkylation sites (N-methyl/N-ethyl adjacent to an activating group) is 1. The number of aliphatic hydroxyl groups excluding tert-OH is 1. The van der Waals surface area contributed by atoms with E-state index in [4.69, 9.17) is 4.74 Å². The van der Waals surface area contributed by atoms with Crippen LogP contribution in [-0.4, -0.2) is 30.9 Å². The van der Waals surface area contributed by atoms with Gasteiger partial charge in [-0.15, -0.1) is 5.10 Å². The van der Waals surface area contributed by atoms with Gasteiger partial charge >= 0.3 is 0 Å². The number of halogens is 5. The summed E-state index contributed by atoms with van der Waals surface area (Å²) >= 11 is 0. The number of hydrogen-bond acceptors (Lipinski definition) is 4. The van der Waals surface area contributed by atoms with Gasteiger partial charge in [0.2, 0.25) is 11.7 Å². The van der Waals surface area contributed by atoms with Crippen LogP contribution in [0, 0.1) is 29.1 Å². The average Bonchev–Trinajstić information content (AvgIpc) is 3.17. The Bertz CT molecular complexity index is 1430. The van der Waals surface area contributed by atoms with Crippen LogP contribution in [0.4, 0.5) is 27.6 Å². The summed E-state index contributed by atoms with van der Waals surface area (Å²) in [4.78, 5) is 1.84. The number of ether oxygens (including phenoxy) is 1. The summed E-state index contributed by atoms with van der Waals surface area (Å²) in [5.74, 6) is -9.85. The summed E-state index contributed by atoms with van der Waals surface area (Å²) in [6.07, 6.45) is 2.27. The van der Waals surface area contributed by atoms with E-state index in [0.29, 0.717) is 34.8 Å². The Morgan fingerprint density at radius 1 is 0.974 bits per heavy atom. The second-order valence-corrected chi connectivity index (χ2v) is 8.79. The maximum Gasteiger partial charge on any atom is 0.238 e. The van der Waals surface area contributed by atoms with Crippen LogP contribution in [0.5, 0.6) is 5.75 Å². The SMILES string of the molecule is CCN1\C(=C/C=N/N=C(\O)c2ccccc2)C(C)(Cc2c(F)c(F)c(F)c(F)c2F)c2cc(OC)ccc21.[Co]. The molecule has 1 aliphatic heterocycles. The van der Waals surface area contributed by atoms with E-state index in [-0.39, 0.29) is 22.7 Å². The minimum atomic E-state index is -2.21. The van der Waals surface area contributed by atoms with Crippen molar-refractivity contribution in [2.24, 2.45) is 10.2 Å². The van der Waals surface area contributed by atoms with Crippen LogP contribution in [0.2, 0.25) is 0 Å². The molecule has 1 aliphatic rings. The van der Waals surface area contributed by atoms with E-state index < -0.39 is 46.5 Å². The normalized spacial score (nSPS) is 18.0. The largest absolute Gasteiger partial charge is 0.497 e. The van der Waals surface area contributed by atoms with Crippen molar-refractivity contribution in [1.82, 2.24) is 0 Å². The number of methoxy groups -OCH3 is 1. The van der Waals surface area contributed by atoms with E-state index in [1.54, 1.807) is 55.5 Å². The van der Waals surface area contributed by atoms with Crippen LogP contribution in [0.25, 0.3) is 0 Å². The summed E-state index contributed by atoms with van der Waals surface area (Å²) in [5, 5.41) is 17.8. The minimum absolute atomic E-state index is 0. The number of allylic oxidation sites excluding steroid dienone is 2. The molecule has 1 N–H and O–H groups in total. The number of aliphatic hydroxyl groups is 1. The number of rotatable bonds is 7. The van der Waals surface area contributed by atoms with Gasteiger partial charge in [0.15, 0.2) is 23.3 Å². The Labute approximate surface area is 232 Å². The molecular formula is C28H24CoF5N3O2. The van der Waals surface area contributed by atoms with E-state index in [0.717, 1.165) is 0 Å². The second-order valence-electron chi connectivity index (χ2n) is 8.79. The third-order valence-electron chi connectivity index (χ3n) is 6.58. The van der Waals surface area contributed by atoms with E-state index >= 15 is 0 Å². The molecule has 0 amide bonds. The van der Waals surface area contributed by atoms with Crippen molar-refractivity contribution < 1.29 is 48.6 Å². The van der Waals surface area contributed by atoms with Gasteiger partial charge in [-0.3, -0.25) is 0 Å². The molecule has 3 aromatic carbocycles. The molecule has 0 fully saturated rings. The molecule has 0 spiro atoms. The smallest absolute Gasteiger partial charge is 0.238 e. The Morgan fingerprint density at radius 2 is 1.59 bits per heavy atom. The van der Waals surface area contributed by atoms with Gasteiger partial charge < -0.3 is 14.7 Å². The number of nitrogens with zero attached hydrogens (tertiary/aromatic N) is 3. The van der Waals surface area contributed by atoms with E-state index in [1.807, 2.05) is 11.8 Å². The van der Waals surface area contributed by atoms with Crippen LogP contribution in [-0.2, 0) is 28.6 Å². The average molecular weight is 588 g/mol. The first-order valence-corrected chi connectivity index (χ1v) is 11.7. The number of fused-ring (bicyclic) bond motifs is 1. The molecular weight excluding hydrogens is 564 g/mol. The Balaban J connectivity index is 0.00000420. The standard InChI is InChI=1S/C28H24F5N3O2.Co/c1-4-36-20-11-10-17(38-3)14-19(20)28(2,15-18-22(29)24(31)26(33)25(32)23(18)30)21(36)12-13-34-35-27(37)16-8-6-5-7-9-16;/h5-14H,4,15H2,1-3H3,(H,35,37);/b21-12-,34-13+;. The molecule has 1 heterocycles. The van der Waals surface area contributed by atoms with Gasteiger partial charge in [-0.2, -0.15) is 5.10 Å². The number of anilines is 1. The molecule has 1 radical (unpaired) electrons. The van der Waals surface area contributed by atoms with Gasteiger partial charge in [0.05, 0.1) is 13.3 Å². The second kappa shape index (κ2) is 12.0. The van der Waals surface area contributed by atoms with Gasteiger partial charge in [0.25, 0.3) is 0 Å². The molecule has 0 aromatic heterocycles. The zero-order valence-electron chi connectivity index (χ0n) is 21.1. The molecule has 4 rings (SSSR count). The molecule has 0 aliphatic carbocycles. The van der Waals surface area contributed by atoms with E-state index in [9.17, 15) is 27.1 Å². The zero-order chi connectivity index (χ0) is 27.6. The number of benzene rings is 3. The van der Waals surface area contributed by atoms with Gasteiger partial charge in [-0.05, 0) is 62.2 Å². The summed E-state index contributed by atoms with van der Waals surface area (Å²) in [6.45, 7) is 3.91. The predicted molar refractivity (Wildman–Crippen MR) is 135 cm³/mol. The molecule has 11 heteroatoms. The molecule has 0 saturated heterocycles. The Morgan fingerprint density at radius 3 is 2.18 bits per heavy atom. The predicted octanol–water partition coefficient (Wildman–Crippen LogP) is 6.60. The fourth-order valence-electron chi connectivity index (χ4n) is 4.68. The van der Waals surface area contributed by atoms with Gasteiger partial charge in [0.1, 0.15) is 5.75 Å². The van der Waals surface area contributed by atoms with Crippen molar-refractivity contribution in [2.75, 3.05) is 18.6 Å². The molecule has 0 bridgehead atoms. The molecule has 0 saturated carbocycles. The molecule has 1 atom stereocenters. The minimum Gasteiger partial charge on any atom is -0.497 e. The van der Waals surface area contributed by atoms with Crippen LogP contribution >= 0.6 is 0 Å². The molecule has 207 valence electrons. The molecule has 39 heavy (non-hydrogen) atoms. The molecule has 1 unspecified atom stereocenters. The van der Waals surface area contributed by atoms with E-state index in [2.05, 4.69) is 10.2 Å². The van der Waals surface area contributed by atoms with Crippen molar-refractivity contribution in [2.45, 2.75) is 25.7 Å². The maximum absolute atomic E-state index is 14.8. The third-order valence-corrected chi connectivity index (χ3v) is 6.58. The van der Waals surface area contributed by atoms with Crippen molar-refractivity contribution in [1.29, 1.82) is 0 Å². The maximum atomic E-state index is 14.8. The Hall–Kier alpha value is -3.70. The van der Waals surface area contributed by atoms with Gasteiger partial charge in [-0.1, -0.05) is 18.2 Å². The fraction of sp³-hybridized carbons (Fsp3) is 0.214. The van der Waals surface area contributed by atoms with Crippen LogP contribution in [0.3, 0.4) is 0 Å². The van der Waals surface area contributed by atoms with Crippen LogP contribution in [0.1, 0.15) is 30.5 Å². The zero-order valence-corrected chi connectivity index (χ0v) is 22.1. The van der Waals surface area contributed by atoms with Gasteiger partial charge in [-0.25, -0.2) is 22.0 Å². The summed E-state index contributed by atoms with van der Waals surface area (Å²) < 4.78 is 76.7. The third kappa shape index (κ3) is 5.41. The molecule has 5 nitrogen and oxygen atoms in total. The van der Waals surface area contributed by atoms with Crippen molar-refractivity contribution >= 4 is 17.8 Å². The topological polar surface area (TPSA) is 57.4 Å². The first-order chi connectivity index (χ1) is 18.1. The van der Waals surface area contributed by atoms with Crippen molar-refractivity contribution in [3.05, 3.63) is 106 Å². The van der Waals surface area contributed by atoms with Crippen LogP contribution in [0.15, 0.2) is 70.5 Å². The van der Waals surface area contributed by atoms with Crippen LogP contribution < -0.4 is 9.64 Å². The molecule has 3 aromatic rings. The van der Waals surface area contributed by atoms with E-state index in [1.165, 1.54) is 19.4 Å². The quantitative estimate of drug-likeness (QED) is 0.0845. The monoisotopic (exact) mass is 588 g/mol. The van der Waals surface area contributed by atoms with Gasteiger partial charge in [0, 0.05) is 51.2 Å². The first-order valence-electron chi connectivity index (χ1n) is 11.7. The number of hydrogen-bond donors (Lipinski definition) is 1. The fourth-order valence-corrected chi connectivity index (χ4v) is 4.68. The summed E-state index contributed by atoms with van der Waals surface area (Å²) in [7, 11) is 1.45. The summed E-state index contributed by atoms with van der Waals surface area (Å²) in [6, 6.07) is 13.7. The Kier molecular flexibility index (Phi) is 9.18. The summed E-state index contributed by atoms with van der Waals surface area (Å²) in [5.41, 5.74) is -0.0180.